The molecular formula is C25H24F2N6O. The topological polar surface area (TPSA) is 78.6 Å². The fourth-order valence-corrected chi connectivity index (χ4v) is 4.28. The van der Waals surface area contributed by atoms with Gasteiger partial charge in [0.1, 0.15) is 28.7 Å². The first-order valence-corrected chi connectivity index (χ1v) is 11.4. The van der Waals surface area contributed by atoms with E-state index in [9.17, 15) is 8.78 Å². The average Bonchev–Trinajstić information content (AvgIpc) is 3.55. The quantitative estimate of drug-likeness (QED) is 0.416. The first kappa shape index (κ1) is 19.0. The van der Waals surface area contributed by atoms with Gasteiger partial charge in [0.15, 0.2) is 5.65 Å². The molecule has 1 saturated heterocycles. The number of ether oxygens (including phenoxy) is 1. The summed E-state index contributed by atoms with van der Waals surface area (Å²) in [5.41, 5.74) is 3.00. The van der Waals surface area contributed by atoms with E-state index in [1.807, 2.05) is 17.8 Å². The molecular weight excluding hydrogens is 438 g/mol. The van der Waals surface area contributed by atoms with Crippen LogP contribution in [0, 0.1) is 25.5 Å². The minimum Gasteiger partial charge on any atom is -0.373 e. The molecule has 0 bridgehead atoms. The van der Waals surface area contributed by atoms with Crippen LogP contribution >= 0.6 is 0 Å². The van der Waals surface area contributed by atoms with Gasteiger partial charge in [-0.2, -0.15) is 5.10 Å². The summed E-state index contributed by atoms with van der Waals surface area (Å²) in [4.78, 5) is 18.4. The Kier molecular flexibility index (Phi) is 4.57. The smallest absolute Gasteiger partial charge is 0.182 e. The van der Waals surface area contributed by atoms with Crippen molar-refractivity contribution < 1.29 is 16.3 Å². The lowest BCUT2D eigenvalue weighted by molar-refractivity contribution is 0.00396. The zero-order chi connectivity index (χ0) is 25.2. The van der Waals surface area contributed by atoms with E-state index in [-0.39, 0.29) is 23.3 Å². The third-order valence-electron chi connectivity index (χ3n) is 6.48. The number of benzene rings is 1. The number of hydrogen-bond acceptors (Lipinski definition) is 6. The monoisotopic (exact) mass is 464 g/mol. The van der Waals surface area contributed by atoms with E-state index >= 15 is 0 Å². The van der Waals surface area contributed by atoms with E-state index in [0.717, 1.165) is 24.5 Å². The van der Waals surface area contributed by atoms with Crippen LogP contribution in [0.5, 0.6) is 0 Å². The molecule has 1 saturated carbocycles. The Bertz CT molecular complexity index is 1490. The third kappa shape index (κ3) is 3.83. The number of nitrogens with zero attached hydrogens (tertiary/aromatic N) is 6. The summed E-state index contributed by atoms with van der Waals surface area (Å²) in [5.74, 6) is -1.57. The summed E-state index contributed by atoms with van der Waals surface area (Å²) in [5, 5.41) is 4.42. The van der Waals surface area contributed by atoms with Gasteiger partial charge < -0.3 is 4.74 Å². The molecule has 0 unspecified atom stereocenters. The molecule has 2 fully saturated rings. The first-order valence-electron chi connectivity index (χ1n) is 12.4. The van der Waals surface area contributed by atoms with Crippen LogP contribution in [0.15, 0.2) is 30.6 Å². The second-order valence-electron chi connectivity index (χ2n) is 8.99. The molecule has 34 heavy (non-hydrogen) atoms. The lowest BCUT2D eigenvalue weighted by Crippen LogP contribution is -2.20. The van der Waals surface area contributed by atoms with Crippen molar-refractivity contribution in [2.24, 2.45) is 0 Å². The molecule has 7 nitrogen and oxygen atoms in total. The van der Waals surface area contributed by atoms with Crippen LogP contribution in [-0.4, -0.2) is 36.3 Å². The Morgan fingerprint density at radius 3 is 2.68 bits per heavy atom. The van der Waals surface area contributed by atoms with Gasteiger partial charge in [-0.25, -0.2) is 28.7 Å². The minimum atomic E-state index is -1.93. The molecule has 0 amide bonds. The van der Waals surface area contributed by atoms with Crippen molar-refractivity contribution in [2.75, 3.05) is 6.56 Å². The molecule has 2 aliphatic rings. The van der Waals surface area contributed by atoms with E-state index in [1.165, 1.54) is 12.1 Å². The predicted octanol–water partition coefficient (Wildman–Crippen LogP) is 5.15. The molecule has 6 rings (SSSR count). The van der Waals surface area contributed by atoms with Gasteiger partial charge in [0.25, 0.3) is 0 Å². The number of hydrogen-bond donors (Lipinski definition) is 0. The molecule has 4 heterocycles. The molecule has 9 heteroatoms. The normalized spacial score (nSPS) is 23.1. The van der Waals surface area contributed by atoms with Crippen molar-refractivity contribution >= 4 is 11.2 Å². The molecule has 174 valence electrons. The summed E-state index contributed by atoms with van der Waals surface area (Å²) in [6, 6.07) is 3.70. The van der Waals surface area contributed by atoms with Gasteiger partial charge in [0.05, 0.1) is 32.5 Å². The predicted molar refractivity (Wildman–Crippen MR) is 121 cm³/mol. The van der Waals surface area contributed by atoms with Crippen molar-refractivity contribution in [3.63, 3.8) is 0 Å². The molecule has 0 spiro atoms. The van der Waals surface area contributed by atoms with Gasteiger partial charge in [-0.1, -0.05) is 0 Å². The molecule has 0 radical (unpaired) electrons. The Balaban J connectivity index is 1.45. The van der Waals surface area contributed by atoms with Gasteiger partial charge in [-0.3, -0.25) is 4.68 Å². The Morgan fingerprint density at radius 1 is 1.06 bits per heavy atom. The van der Waals surface area contributed by atoms with E-state index in [1.54, 1.807) is 13.1 Å². The van der Waals surface area contributed by atoms with Crippen LogP contribution in [0.2, 0.25) is 0 Å². The fraction of sp³-hybridized carbons (Fsp3) is 0.400. The standard InChI is InChI=1S/C25H24F2N6O/c1-13-14(2)30-25-23(29-13)22(19-6-3-17(26)10-20(19)27)31-24(32-25)15-7-8-34-21(9-15)16-11-28-33(12-16)18-4-5-18/h3,6,10-12,15,18,21H,4-5,7-9H2,1-2H3/t15-,21+/m0/s1/i8D2. The number of halogens is 2. The van der Waals surface area contributed by atoms with Crippen molar-refractivity contribution in [1.82, 2.24) is 29.7 Å². The van der Waals surface area contributed by atoms with Crippen LogP contribution < -0.4 is 0 Å². The zero-order valence-corrected chi connectivity index (χ0v) is 18.8. The second-order valence-corrected chi connectivity index (χ2v) is 8.99. The highest BCUT2D eigenvalue weighted by Crippen LogP contribution is 2.40. The van der Waals surface area contributed by atoms with Crippen molar-refractivity contribution in [2.45, 2.75) is 57.6 Å². The Labute approximate surface area is 198 Å². The maximum absolute atomic E-state index is 14.9. The highest BCUT2D eigenvalue weighted by atomic mass is 19.1. The average molecular weight is 465 g/mol. The molecule has 1 aliphatic carbocycles. The van der Waals surface area contributed by atoms with Gasteiger partial charge in [0, 0.05) is 35.9 Å². The van der Waals surface area contributed by atoms with Crippen LogP contribution in [0.4, 0.5) is 8.78 Å². The van der Waals surface area contributed by atoms with E-state index < -0.39 is 30.2 Å². The van der Waals surface area contributed by atoms with Crippen LogP contribution in [0.1, 0.15) is 69.3 Å². The molecule has 4 aromatic rings. The maximum atomic E-state index is 14.9. The van der Waals surface area contributed by atoms with E-state index in [0.29, 0.717) is 35.2 Å². The lowest BCUT2D eigenvalue weighted by atomic mass is 9.92. The van der Waals surface area contributed by atoms with Crippen LogP contribution in [0.3, 0.4) is 0 Å². The third-order valence-corrected chi connectivity index (χ3v) is 6.48. The van der Waals surface area contributed by atoms with Gasteiger partial charge >= 0.3 is 0 Å². The highest BCUT2D eigenvalue weighted by molar-refractivity contribution is 5.87. The summed E-state index contributed by atoms with van der Waals surface area (Å²) in [7, 11) is 0. The number of fused-ring (bicyclic) bond motifs is 1. The molecule has 0 N–H and O–H groups in total. The number of aryl methyl sites for hydroxylation is 2. The minimum absolute atomic E-state index is 0.0232. The number of rotatable bonds is 4. The summed E-state index contributed by atoms with van der Waals surface area (Å²) in [6.45, 7) is 1.67. The molecule has 2 atom stereocenters. The highest BCUT2D eigenvalue weighted by Gasteiger charge is 2.31. The second kappa shape index (κ2) is 8.16. The summed E-state index contributed by atoms with van der Waals surface area (Å²) in [6.07, 6.45) is 5.72. The SMILES string of the molecule is [2H]C1([2H])C[C@H](c2nc(-c3ccc(F)cc3F)c3nc(C)c(C)nc3n2)C[C@H](c2cnn(C3CC3)c2)O1. The molecule has 3 aromatic heterocycles. The van der Waals surface area contributed by atoms with Gasteiger partial charge in [-0.15, -0.1) is 0 Å². The Morgan fingerprint density at radius 2 is 1.88 bits per heavy atom. The number of aromatic nitrogens is 6. The maximum Gasteiger partial charge on any atom is 0.182 e. The van der Waals surface area contributed by atoms with Crippen LogP contribution in [0.25, 0.3) is 22.4 Å². The first-order chi connectivity index (χ1) is 17.2. The van der Waals surface area contributed by atoms with Gasteiger partial charge in [0.2, 0.25) is 0 Å². The Hall–Kier alpha value is -3.33. The van der Waals surface area contributed by atoms with Crippen molar-refractivity contribution in [3.05, 3.63) is 65.0 Å². The van der Waals surface area contributed by atoms with Crippen molar-refractivity contribution in [1.29, 1.82) is 0 Å². The lowest BCUT2D eigenvalue weighted by Gasteiger charge is -2.28. The zero-order valence-electron chi connectivity index (χ0n) is 20.8. The van der Waals surface area contributed by atoms with Crippen LogP contribution in [-0.2, 0) is 4.74 Å². The van der Waals surface area contributed by atoms with E-state index in [2.05, 4.69) is 25.0 Å². The summed E-state index contributed by atoms with van der Waals surface area (Å²) < 4.78 is 53.0. The molecule has 1 aromatic carbocycles. The summed E-state index contributed by atoms with van der Waals surface area (Å²) >= 11 is 0. The van der Waals surface area contributed by atoms with Crippen molar-refractivity contribution in [3.8, 4) is 11.3 Å². The van der Waals surface area contributed by atoms with E-state index in [4.69, 9.17) is 7.48 Å². The fourth-order valence-electron chi connectivity index (χ4n) is 4.28. The largest absolute Gasteiger partial charge is 0.373 e. The van der Waals surface area contributed by atoms with Gasteiger partial charge in [-0.05, 0) is 51.7 Å². The molecule has 1 aliphatic heterocycles.